The van der Waals surface area contributed by atoms with Crippen LogP contribution in [0.15, 0.2) is 62.7 Å². The normalized spacial score (nSPS) is 9.29. The molecule has 0 aliphatic carbocycles. The minimum Gasteiger partial charge on any atom is -0.106 e. The summed E-state index contributed by atoms with van der Waals surface area (Å²) in [5.74, 6) is 0.910. The summed E-state index contributed by atoms with van der Waals surface area (Å²) in [4.78, 5) is 0. The van der Waals surface area contributed by atoms with Gasteiger partial charge in [-0.15, -0.1) is 26.3 Å². The van der Waals surface area contributed by atoms with Gasteiger partial charge in [-0.3, -0.25) is 0 Å². The highest BCUT2D eigenvalue weighted by Gasteiger charge is 2.03. The van der Waals surface area contributed by atoms with E-state index in [0.717, 1.165) is 5.92 Å². The van der Waals surface area contributed by atoms with Crippen LogP contribution in [-0.2, 0) is 12.8 Å². The SMILES string of the molecule is C/C=C/C.C=C.C=C.CC.CCCCCCCCc1ccc(CCC(CC)CC)cc1. The molecule has 0 saturated carbocycles. The first-order chi connectivity index (χ1) is 15.2. The van der Waals surface area contributed by atoms with E-state index in [1.807, 2.05) is 39.8 Å². The van der Waals surface area contributed by atoms with Crippen molar-refractivity contribution in [1.82, 2.24) is 0 Å². The summed E-state index contributed by atoms with van der Waals surface area (Å²) < 4.78 is 0. The van der Waals surface area contributed by atoms with Crippen LogP contribution in [0.3, 0.4) is 0 Å². The molecule has 0 fully saturated rings. The molecule has 1 rings (SSSR count). The number of aryl methyl sites for hydroxylation is 2. The zero-order chi connectivity index (χ0) is 24.8. The Kier molecular flexibility index (Phi) is 42.5. The summed E-state index contributed by atoms with van der Waals surface area (Å²) in [6.07, 6.45) is 18.9. The van der Waals surface area contributed by atoms with E-state index in [9.17, 15) is 0 Å². The predicted molar refractivity (Wildman–Crippen MR) is 150 cm³/mol. The minimum atomic E-state index is 0.910. The zero-order valence-electron chi connectivity index (χ0n) is 22.6. The quantitative estimate of drug-likeness (QED) is 0.228. The Morgan fingerprint density at radius 2 is 1.03 bits per heavy atom. The Balaban J connectivity index is -0.000000312. The Labute approximate surface area is 199 Å². The lowest BCUT2D eigenvalue weighted by Crippen LogP contribution is -1.99. The van der Waals surface area contributed by atoms with E-state index < -0.39 is 0 Å². The molecule has 0 heteroatoms. The molecule has 1 aromatic rings. The van der Waals surface area contributed by atoms with Gasteiger partial charge in [-0.1, -0.05) is 116 Å². The largest absolute Gasteiger partial charge is 0.106 e. The Hall–Kier alpha value is -1.56. The molecule has 31 heavy (non-hydrogen) atoms. The van der Waals surface area contributed by atoms with E-state index in [2.05, 4.69) is 71.4 Å². The number of allylic oxidation sites excluding steroid dienone is 2. The first kappa shape index (κ1) is 36.8. The van der Waals surface area contributed by atoms with Crippen LogP contribution in [0.4, 0.5) is 0 Å². The molecular formula is C31H58. The van der Waals surface area contributed by atoms with E-state index in [1.165, 1.54) is 81.8 Å². The highest BCUT2D eigenvalue weighted by atomic mass is 14.1. The second kappa shape index (κ2) is 35.9. The lowest BCUT2D eigenvalue weighted by molar-refractivity contribution is 0.456. The maximum Gasteiger partial charge on any atom is -0.0276 e. The molecule has 0 saturated heterocycles. The van der Waals surface area contributed by atoms with E-state index in [4.69, 9.17) is 0 Å². The van der Waals surface area contributed by atoms with Crippen molar-refractivity contribution in [3.63, 3.8) is 0 Å². The molecule has 0 heterocycles. The van der Waals surface area contributed by atoms with Crippen LogP contribution in [0, 0.1) is 5.92 Å². The molecule has 0 radical (unpaired) electrons. The Morgan fingerprint density at radius 3 is 1.42 bits per heavy atom. The van der Waals surface area contributed by atoms with Crippen molar-refractivity contribution >= 4 is 0 Å². The molecule has 0 atom stereocenters. The number of unbranched alkanes of at least 4 members (excludes halogenated alkanes) is 5. The molecule has 1 aromatic carbocycles. The molecule has 182 valence electrons. The molecule has 0 N–H and O–H groups in total. The Bertz CT molecular complexity index is 416. The third-order valence-electron chi connectivity index (χ3n) is 5.17. The first-order valence-electron chi connectivity index (χ1n) is 12.9. The fourth-order valence-corrected chi connectivity index (χ4v) is 3.05. The average Bonchev–Trinajstić information content (AvgIpc) is 2.86. The van der Waals surface area contributed by atoms with E-state index >= 15 is 0 Å². The summed E-state index contributed by atoms with van der Waals surface area (Å²) >= 11 is 0. The molecule has 0 amide bonds. The van der Waals surface area contributed by atoms with Crippen molar-refractivity contribution in [2.75, 3.05) is 0 Å². The average molecular weight is 431 g/mol. The smallest absolute Gasteiger partial charge is 0.0276 e. The molecule has 0 aliphatic rings. The fourth-order valence-electron chi connectivity index (χ4n) is 3.05. The number of hydrogen-bond donors (Lipinski definition) is 0. The van der Waals surface area contributed by atoms with Crippen molar-refractivity contribution < 1.29 is 0 Å². The molecule has 0 aliphatic heterocycles. The second-order valence-electron chi connectivity index (χ2n) is 7.22. The Morgan fingerprint density at radius 1 is 0.645 bits per heavy atom. The maximum absolute atomic E-state index is 3.00. The van der Waals surface area contributed by atoms with Gasteiger partial charge in [0, 0.05) is 0 Å². The molecule has 0 unspecified atom stereocenters. The first-order valence-corrected chi connectivity index (χ1v) is 12.9. The lowest BCUT2D eigenvalue weighted by Gasteiger charge is -2.12. The van der Waals surface area contributed by atoms with Crippen LogP contribution in [0.5, 0.6) is 0 Å². The van der Waals surface area contributed by atoms with Crippen LogP contribution in [0.2, 0.25) is 0 Å². The number of rotatable bonds is 12. The van der Waals surface area contributed by atoms with Gasteiger partial charge in [-0.05, 0) is 56.6 Å². The summed E-state index contributed by atoms with van der Waals surface area (Å²) in [5, 5.41) is 0. The van der Waals surface area contributed by atoms with Gasteiger partial charge < -0.3 is 0 Å². The fraction of sp³-hybridized carbons (Fsp3) is 0.613. The summed E-state index contributed by atoms with van der Waals surface area (Å²) in [6.45, 7) is 26.9. The van der Waals surface area contributed by atoms with Gasteiger partial charge in [0.25, 0.3) is 0 Å². The molecule has 0 spiro atoms. The van der Waals surface area contributed by atoms with Crippen LogP contribution in [-0.4, -0.2) is 0 Å². The topological polar surface area (TPSA) is 0 Å². The van der Waals surface area contributed by atoms with E-state index in [-0.39, 0.29) is 0 Å². The third kappa shape index (κ3) is 28.4. The number of hydrogen-bond acceptors (Lipinski definition) is 0. The van der Waals surface area contributed by atoms with E-state index in [0.29, 0.717) is 0 Å². The standard InChI is InChI=1S/C21H36.C4H8.C2H6.2C2H4/c1-4-7-8-9-10-11-12-20-15-17-21(18-16-20)14-13-19(5-2)6-3;1-3-4-2;3*1-2/h15-19H,4-14H2,1-3H3;3-4H,1-2H3;1-2H3;2*1-2H2/b;4-3+;;;. The highest BCUT2D eigenvalue weighted by Crippen LogP contribution is 2.17. The molecule has 0 nitrogen and oxygen atoms in total. The number of benzene rings is 1. The van der Waals surface area contributed by atoms with Crippen molar-refractivity contribution in [2.24, 2.45) is 5.92 Å². The zero-order valence-corrected chi connectivity index (χ0v) is 22.6. The van der Waals surface area contributed by atoms with Crippen molar-refractivity contribution in [3.05, 3.63) is 73.9 Å². The lowest BCUT2D eigenvalue weighted by atomic mass is 9.94. The predicted octanol–water partition coefficient (Wildman–Crippen LogP) is 11.2. The molecular weight excluding hydrogens is 372 g/mol. The van der Waals surface area contributed by atoms with Gasteiger partial charge in [0.1, 0.15) is 0 Å². The van der Waals surface area contributed by atoms with Crippen LogP contribution in [0.25, 0.3) is 0 Å². The van der Waals surface area contributed by atoms with Gasteiger partial charge in [-0.25, -0.2) is 0 Å². The summed E-state index contributed by atoms with van der Waals surface area (Å²) in [6, 6.07) is 9.42. The second-order valence-corrected chi connectivity index (χ2v) is 7.22. The minimum absolute atomic E-state index is 0.910. The maximum atomic E-state index is 3.00. The monoisotopic (exact) mass is 430 g/mol. The highest BCUT2D eigenvalue weighted by molar-refractivity contribution is 5.22. The van der Waals surface area contributed by atoms with Crippen LogP contribution < -0.4 is 0 Å². The van der Waals surface area contributed by atoms with Gasteiger partial charge in [0.2, 0.25) is 0 Å². The third-order valence-corrected chi connectivity index (χ3v) is 5.17. The van der Waals surface area contributed by atoms with Crippen molar-refractivity contribution in [2.45, 2.75) is 119 Å². The van der Waals surface area contributed by atoms with E-state index in [1.54, 1.807) is 0 Å². The van der Waals surface area contributed by atoms with Crippen molar-refractivity contribution in [1.29, 1.82) is 0 Å². The van der Waals surface area contributed by atoms with Gasteiger partial charge in [-0.2, -0.15) is 0 Å². The van der Waals surface area contributed by atoms with Gasteiger partial charge in [0.15, 0.2) is 0 Å². The van der Waals surface area contributed by atoms with Crippen LogP contribution >= 0.6 is 0 Å². The van der Waals surface area contributed by atoms with Gasteiger partial charge >= 0.3 is 0 Å². The summed E-state index contributed by atoms with van der Waals surface area (Å²) in [7, 11) is 0. The van der Waals surface area contributed by atoms with Crippen molar-refractivity contribution in [3.8, 4) is 0 Å². The van der Waals surface area contributed by atoms with Gasteiger partial charge in [0.05, 0.1) is 0 Å². The van der Waals surface area contributed by atoms with Crippen LogP contribution in [0.1, 0.15) is 117 Å². The molecule has 0 aromatic heterocycles. The molecule has 0 bridgehead atoms. The summed E-state index contributed by atoms with van der Waals surface area (Å²) in [5.41, 5.74) is 3.05.